The second kappa shape index (κ2) is 13.0. The van der Waals surface area contributed by atoms with E-state index < -0.39 is 52.8 Å². The van der Waals surface area contributed by atoms with Crippen LogP contribution in [0.2, 0.25) is 0 Å². The molecule has 1 saturated heterocycles. The zero-order valence-corrected chi connectivity index (χ0v) is 28.1. The van der Waals surface area contributed by atoms with Crippen LogP contribution in [0.4, 0.5) is 5.69 Å². The van der Waals surface area contributed by atoms with Gasteiger partial charge in [0.25, 0.3) is 0 Å². The molecule has 0 unspecified atom stereocenters. The molecule has 6 atom stereocenters. The number of ether oxygens (including phenoxy) is 1. The second-order valence-electron chi connectivity index (χ2n) is 13.8. The van der Waals surface area contributed by atoms with Crippen LogP contribution in [-0.2, 0) is 24.6 Å². The number of hydrogen-bond donors (Lipinski definition) is 2. The number of Topliss-reactive ketones (excluding diaryl/α,β-unsaturated/α-hetero) is 1. The number of allylic oxidation sites excluding steroid dienone is 4. The number of carboxylic acid groups (broad SMARTS) is 1. The van der Waals surface area contributed by atoms with E-state index in [-0.39, 0.29) is 48.9 Å². The molecular formula is C43H35NO8. The summed E-state index contributed by atoms with van der Waals surface area (Å²) in [7, 11) is 0. The van der Waals surface area contributed by atoms with Crippen molar-refractivity contribution in [2.24, 2.45) is 23.7 Å². The Kier molecular flexibility index (Phi) is 8.30. The molecule has 4 aromatic rings. The lowest BCUT2D eigenvalue weighted by atomic mass is 9.44. The minimum atomic E-state index is -1.42. The Labute approximate surface area is 299 Å². The van der Waals surface area contributed by atoms with Crippen LogP contribution >= 0.6 is 0 Å². The lowest BCUT2D eigenvalue weighted by Gasteiger charge is -2.55. The third-order valence-corrected chi connectivity index (χ3v) is 11.3. The van der Waals surface area contributed by atoms with Crippen molar-refractivity contribution in [3.63, 3.8) is 0 Å². The molecule has 9 heteroatoms. The summed E-state index contributed by atoms with van der Waals surface area (Å²) < 4.78 is 6.10. The van der Waals surface area contributed by atoms with E-state index in [1.165, 1.54) is 24.3 Å². The molecular weight excluding hydrogens is 658 g/mol. The topological polar surface area (TPSA) is 138 Å². The molecule has 2 N–H and O–H groups in total. The Hall–Kier alpha value is -5.93. The van der Waals surface area contributed by atoms with Crippen molar-refractivity contribution >= 4 is 40.6 Å². The van der Waals surface area contributed by atoms with Crippen molar-refractivity contribution in [2.45, 2.75) is 24.2 Å². The van der Waals surface area contributed by atoms with Gasteiger partial charge in [-0.1, -0.05) is 96.6 Å². The fourth-order valence-electron chi connectivity index (χ4n) is 9.26. The first-order valence-corrected chi connectivity index (χ1v) is 17.4. The van der Waals surface area contributed by atoms with Gasteiger partial charge in [-0.2, -0.15) is 0 Å². The van der Waals surface area contributed by atoms with Crippen LogP contribution in [0.5, 0.6) is 5.75 Å². The summed E-state index contributed by atoms with van der Waals surface area (Å²) in [4.78, 5) is 71.9. The van der Waals surface area contributed by atoms with Crippen LogP contribution in [-0.4, -0.2) is 52.8 Å². The van der Waals surface area contributed by atoms with E-state index in [0.717, 1.165) is 10.5 Å². The molecule has 3 aliphatic carbocycles. The smallest absolute Gasteiger partial charge is 0.335 e. The van der Waals surface area contributed by atoms with Gasteiger partial charge in [0.2, 0.25) is 11.8 Å². The number of carbonyl (C=O) groups is 5. The minimum Gasteiger partial charge on any atom is -0.491 e. The molecule has 1 heterocycles. The molecule has 1 aliphatic heterocycles. The number of para-hydroxylation sites is 1. The van der Waals surface area contributed by atoms with E-state index >= 15 is 9.59 Å². The average Bonchev–Trinajstić information content (AvgIpc) is 3.44. The molecule has 4 aliphatic rings. The zero-order valence-electron chi connectivity index (χ0n) is 28.1. The highest BCUT2D eigenvalue weighted by Gasteiger charge is 2.66. The molecule has 260 valence electrons. The molecule has 0 spiro atoms. The van der Waals surface area contributed by atoms with Crippen molar-refractivity contribution < 1.29 is 38.9 Å². The third-order valence-electron chi connectivity index (χ3n) is 11.3. The Bertz CT molecular complexity index is 2190. The fraction of sp³-hybridized carbons (Fsp3) is 0.233. The van der Waals surface area contributed by atoms with E-state index in [1.54, 1.807) is 30.3 Å². The number of carbonyl (C=O) groups excluding carboxylic acids is 4. The maximum atomic E-state index is 15.2. The highest BCUT2D eigenvalue weighted by atomic mass is 16.5. The summed E-state index contributed by atoms with van der Waals surface area (Å²) >= 11 is 0. The number of aliphatic hydroxyl groups excluding tert-OH is 1. The van der Waals surface area contributed by atoms with Crippen LogP contribution in [0, 0.1) is 23.7 Å². The minimum absolute atomic E-state index is 0.000956. The van der Waals surface area contributed by atoms with Crippen LogP contribution in [0.1, 0.15) is 45.8 Å². The van der Waals surface area contributed by atoms with Crippen LogP contribution in [0.25, 0.3) is 5.57 Å². The molecule has 2 fully saturated rings. The fourth-order valence-corrected chi connectivity index (χ4v) is 9.26. The van der Waals surface area contributed by atoms with E-state index in [4.69, 9.17) is 4.74 Å². The summed E-state index contributed by atoms with van der Waals surface area (Å²) in [6.45, 7) is -0.238. The lowest BCUT2D eigenvalue weighted by Crippen LogP contribution is -2.58. The van der Waals surface area contributed by atoms with Gasteiger partial charge in [0, 0.05) is 23.0 Å². The first-order valence-electron chi connectivity index (χ1n) is 17.4. The first-order chi connectivity index (χ1) is 25.3. The Balaban J connectivity index is 1.35. The largest absolute Gasteiger partial charge is 0.491 e. The molecule has 1 saturated carbocycles. The number of anilines is 1. The van der Waals surface area contributed by atoms with Crippen LogP contribution in [0.3, 0.4) is 0 Å². The second-order valence-corrected chi connectivity index (χ2v) is 13.8. The molecule has 2 amide bonds. The number of carboxylic acids is 1. The van der Waals surface area contributed by atoms with Crippen molar-refractivity contribution in [1.29, 1.82) is 0 Å². The van der Waals surface area contributed by atoms with E-state index in [9.17, 15) is 24.6 Å². The van der Waals surface area contributed by atoms with Crippen molar-refractivity contribution in [3.8, 4) is 5.75 Å². The van der Waals surface area contributed by atoms with Gasteiger partial charge in [-0.25, -0.2) is 4.79 Å². The number of nitrogens with zero attached hydrogens (tertiary/aromatic N) is 1. The van der Waals surface area contributed by atoms with Gasteiger partial charge in [-0.15, -0.1) is 0 Å². The summed E-state index contributed by atoms with van der Waals surface area (Å²) in [5.41, 5.74) is 1.69. The number of amides is 2. The van der Waals surface area contributed by atoms with E-state index in [2.05, 4.69) is 0 Å². The number of aromatic carboxylic acids is 1. The van der Waals surface area contributed by atoms with Crippen LogP contribution < -0.4 is 9.64 Å². The standard InChI is InChI=1S/C43H35NO8/c45-20-21-52-35-17-8-7-16-30(35)38-29-18-19-31-37(41(49)44(40(31)48)28-15-9-12-26(22-28)42(50)51)33(29)23-34-39(47)32(25-10-3-1-4-11-25)24-36(46)43(34,38)27-13-5-2-6-14-27/h1-18,22,24,31,33-34,37-38,45H,19-21,23H2,(H,50,51)/t31-,33+,34-,37-,38+,43-/m0/s1. The Morgan fingerprint density at radius 3 is 2.27 bits per heavy atom. The molecule has 0 radical (unpaired) electrons. The van der Waals surface area contributed by atoms with Gasteiger partial charge in [-0.05, 0) is 60.2 Å². The Morgan fingerprint density at radius 2 is 1.54 bits per heavy atom. The van der Waals surface area contributed by atoms with E-state index in [0.29, 0.717) is 28.0 Å². The zero-order chi connectivity index (χ0) is 36.1. The number of benzene rings is 4. The van der Waals surface area contributed by atoms with E-state index in [1.807, 2.05) is 66.7 Å². The summed E-state index contributed by atoms with van der Waals surface area (Å²) in [5, 5.41) is 19.4. The lowest BCUT2D eigenvalue weighted by molar-refractivity contribution is -0.135. The number of imide groups is 1. The number of ketones is 2. The first kappa shape index (κ1) is 33.2. The molecule has 4 aromatic carbocycles. The molecule has 0 aromatic heterocycles. The van der Waals surface area contributed by atoms with Crippen LogP contribution in [0.15, 0.2) is 127 Å². The molecule has 9 nitrogen and oxygen atoms in total. The van der Waals surface area contributed by atoms with Crippen molar-refractivity contribution in [2.75, 3.05) is 18.1 Å². The van der Waals surface area contributed by atoms with Gasteiger partial charge < -0.3 is 14.9 Å². The highest BCUT2D eigenvalue weighted by molar-refractivity contribution is 6.32. The quantitative estimate of drug-likeness (QED) is 0.175. The number of hydrogen-bond acceptors (Lipinski definition) is 7. The Morgan fingerprint density at radius 1 is 0.827 bits per heavy atom. The number of aliphatic hydroxyl groups is 1. The SMILES string of the molecule is O=C(O)c1cccc(N2C(=O)[C@H]3[C@H](CC=C4[C@H]3C[C@H]3C(=O)C(c5ccccc5)=CC(=O)[C@@]3(c3ccccc3)[C@H]4c3ccccc3OCCO)C2=O)c1. The predicted molar refractivity (Wildman–Crippen MR) is 191 cm³/mol. The molecule has 0 bridgehead atoms. The number of rotatable bonds is 8. The molecule has 52 heavy (non-hydrogen) atoms. The van der Waals surface area contributed by atoms with Gasteiger partial charge in [0.05, 0.1) is 35.1 Å². The normalized spacial score (nSPS) is 26.6. The molecule has 8 rings (SSSR count). The van der Waals surface area contributed by atoms with Gasteiger partial charge in [0.1, 0.15) is 12.4 Å². The van der Waals surface area contributed by atoms with Gasteiger partial charge in [0.15, 0.2) is 11.6 Å². The third kappa shape index (κ3) is 4.98. The average molecular weight is 694 g/mol. The maximum Gasteiger partial charge on any atom is 0.335 e. The monoisotopic (exact) mass is 693 g/mol. The highest BCUT2D eigenvalue weighted by Crippen LogP contribution is 2.64. The van der Waals surface area contributed by atoms with Gasteiger partial charge >= 0.3 is 5.97 Å². The predicted octanol–water partition coefficient (Wildman–Crippen LogP) is 5.78. The summed E-state index contributed by atoms with van der Waals surface area (Å²) in [6.07, 6.45) is 3.79. The number of fused-ring (bicyclic) bond motifs is 4. The van der Waals surface area contributed by atoms with Crippen molar-refractivity contribution in [3.05, 3.63) is 149 Å². The van der Waals surface area contributed by atoms with Gasteiger partial charge in [-0.3, -0.25) is 24.1 Å². The summed E-state index contributed by atoms with van der Waals surface area (Å²) in [5.74, 6) is -5.98. The van der Waals surface area contributed by atoms with Crippen molar-refractivity contribution in [1.82, 2.24) is 0 Å². The summed E-state index contributed by atoms with van der Waals surface area (Å²) in [6, 6.07) is 31.4. The maximum absolute atomic E-state index is 15.2.